The van der Waals surface area contributed by atoms with E-state index in [1.807, 2.05) is 17.5 Å². The number of hydrogen-bond donors (Lipinski definition) is 2. The van der Waals surface area contributed by atoms with Crippen LogP contribution in [0.1, 0.15) is 11.8 Å². The summed E-state index contributed by atoms with van der Waals surface area (Å²) in [4.78, 5) is 43.2. The summed E-state index contributed by atoms with van der Waals surface area (Å²) in [5, 5.41) is 17.5. The molecule has 0 saturated carbocycles. The van der Waals surface area contributed by atoms with Crippen molar-refractivity contribution in [2.45, 2.75) is 24.8 Å². The molecule has 2 atom stereocenters. The quantitative estimate of drug-likeness (QED) is 0.423. The number of carbonyl (C=O) groups excluding carboxylic acids is 2. The summed E-state index contributed by atoms with van der Waals surface area (Å²) >= 11 is 2.86. The van der Waals surface area contributed by atoms with E-state index in [-0.39, 0.29) is 18.0 Å². The average Bonchev–Trinajstić information content (AvgIpc) is 3.11. The summed E-state index contributed by atoms with van der Waals surface area (Å²) in [7, 11) is 1.37. The minimum absolute atomic E-state index is 0.0965. The minimum atomic E-state index is -1.20. The average molecular weight is 395 g/mol. The van der Waals surface area contributed by atoms with Crippen LogP contribution >= 0.6 is 23.1 Å². The van der Waals surface area contributed by atoms with Gasteiger partial charge in [0, 0.05) is 16.2 Å². The van der Waals surface area contributed by atoms with Gasteiger partial charge in [0.15, 0.2) is 0 Å². The Bertz CT molecular complexity index is 803. The molecule has 26 heavy (non-hydrogen) atoms. The molecule has 0 aliphatic carbocycles. The maximum absolute atomic E-state index is 12.5. The standard InChI is InChI=1S/C16H17N3O5S2/c1-8(18-24-2)10-7-26-15-12(14(21)19(15)13(10)16(22)23)17-11(20)6-9-4-3-5-25-9/h3-5,12,15H,6-7H2,1-2H3,(H,17,20)(H,22,23)/t12-,15+/m1/s1. The number of rotatable bonds is 6. The highest BCUT2D eigenvalue weighted by molar-refractivity contribution is 8.00. The molecule has 8 nitrogen and oxygen atoms in total. The molecule has 2 amide bonds. The number of amides is 2. The fraction of sp³-hybridized carbons (Fsp3) is 0.375. The lowest BCUT2D eigenvalue weighted by molar-refractivity contribution is -0.150. The predicted molar refractivity (Wildman–Crippen MR) is 97.8 cm³/mol. The molecule has 1 fully saturated rings. The highest BCUT2D eigenvalue weighted by Gasteiger charge is 2.54. The topological polar surface area (TPSA) is 108 Å². The second-order valence-electron chi connectivity index (χ2n) is 5.70. The van der Waals surface area contributed by atoms with Crippen LogP contribution in [0.25, 0.3) is 0 Å². The van der Waals surface area contributed by atoms with Gasteiger partial charge in [0.25, 0.3) is 5.91 Å². The number of oxime groups is 1. The zero-order chi connectivity index (χ0) is 18.8. The van der Waals surface area contributed by atoms with E-state index in [4.69, 9.17) is 4.84 Å². The van der Waals surface area contributed by atoms with Crippen molar-refractivity contribution in [1.82, 2.24) is 10.2 Å². The van der Waals surface area contributed by atoms with Crippen LogP contribution in [0.2, 0.25) is 0 Å². The Morgan fingerprint density at radius 3 is 2.88 bits per heavy atom. The van der Waals surface area contributed by atoms with E-state index in [0.717, 1.165) is 4.88 Å². The molecule has 0 aromatic carbocycles. The van der Waals surface area contributed by atoms with E-state index < -0.39 is 23.3 Å². The Kier molecular flexibility index (Phi) is 5.33. The third-order valence-corrected chi connectivity index (χ3v) is 6.22. The number of hydrogen-bond acceptors (Lipinski definition) is 7. The first kappa shape index (κ1) is 18.5. The van der Waals surface area contributed by atoms with Crippen LogP contribution in [0, 0.1) is 0 Å². The van der Waals surface area contributed by atoms with Gasteiger partial charge in [-0.3, -0.25) is 14.5 Å². The van der Waals surface area contributed by atoms with Gasteiger partial charge in [-0.05, 0) is 18.4 Å². The molecule has 10 heteroatoms. The molecule has 1 aromatic rings. The lowest BCUT2D eigenvalue weighted by Crippen LogP contribution is -2.70. The van der Waals surface area contributed by atoms with Crippen molar-refractivity contribution in [3.63, 3.8) is 0 Å². The predicted octanol–water partition coefficient (Wildman–Crippen LogP) is 1.05. The summed E-state index contributed by atoms with van der Waals surface area (Å²) in [6, 6.07) is 2.99. The van der Waals surface area contributed by atoms with Crippen LogP contribution < -0.4 is 5.32 Å². The molecule has 1 aromatic heterocycles. The van der Waals surface area contributed by atoms with Crippen LogP contribution in [-0.2, 0) is 25.6 Å². The molecular formula is C16H17N3O5S2. The van der Waals surface area contributed by atoms with Crippen molar-refractivity contribution in [3.8, 4) is 0 Å². The van der Waals surface area contributed by atoms with Gasteiger partial charge in [0.05, 0.1) is 12.1 Å². The molecule has 138 valence electrons. The first-order valence-electron chi connectivity index (χ1n) is 7.75. The largest absolute Gasteiger partial charge is 0.477 e. The summed E-state index contributed by atoms with van der Waals surface area (Å²) in [6.45, 7) is 1.63. The van der Waals surface area contributed by atoms with Gasteiger partial charge in [-0.15, -0.1) is 23.1 Å². The summed E-state index contributed by atoms with van der Waals surface area (Å²) in [6.07, 6.45) is 0.200. The van der Waals surface area contributed by atoms with E-state index in [0.29, 0.717) is 17.0 Å². The molecule has 3 heterocycles. The second-order valence-corrected chi connectivity index (χ2v) is 7.84. The Hall–Kier alpha value is -2.33. The highest BCUT2D eigenvalue weighted by atomic mass is 32.2. The number of nitrogens with one attached hydrogen (secondary N) is 1. The lowest BCUT2D eigenvalue weighted by atomic mass is 10.0. The van der Waals surface area contributed by atoms with Crippen molar-refractivity contribution in [2.75, 3.05) is 12.9 Å². The number of thiophene rings is 1. The molecule has 0 radical (unpaired) electrons. The number of fused-ring (bicyclic) bond motifs is 1. The first-order chi connectivity index (χ1) is 12.4. The molecule has 1 saturated heterocycles. The fourth-order valence-electron chi connectivity index (χ4n) is 2.88. The van der Waals surface area contributed by atoms with E-state index >= 15 is 0 Å². The van der Waals surface area contributed by atoms with Crippen LogP contribution in [0.5, 0.6) is 0 Å². The summed E-state index contributed by atoms with van der Waals surface area (Å²) in [5.41, 5.74) is 0.756. The molecule has 2 aliphatic rings. The van der Waals surface area contributed by atoms with Crippen LogP contribution in [0.4, 0.5) is 0 Å². The number of carbonyl (C=O) groups is 3. The van der Waals surface area contributed by atoms with Gasteiger partial charge in [0.1, 0.15) is 24.2 Å². The number of aliphatic carboxylic acids is 1. The maximum atomic E-state index is 12.5. The van der Waals surface area contributed by atoms with Gasteiger partial charge in [0.2, 0.25) is 5.91 Å². The van der Waals surface area contributed by atoms with Gasteiger partial charge in [-0.25, -0.2) is 4.79 Å². The number of carboxylic acid groups (broad SMARTS) is 1. The number of nitrogens with zero attached hydrogens (tertiary/aromatic N) is 2. The van der Waals surface area contributed by atoms with Crippen LogP contribution in [-0.4, -0.2) is 57.8 Å². The number of carboxylic acids is 1. The Morgan fingerprint density at radius 2 is 2.27 bits per heavy atom. The van der Waals surface area contributed by atoms with Crippen molar-refractivity contribution in [3.05, 3.63) is 33.7 Å². The van der Waals surface area contributed by atoms with Gasteiger partial charge >= 0.3 is 5.97 Å². The Balaban J connectivity index is 1.76. The molecule has 2 aliphatic heterocycles. The van der Waals surface area contributed by atoms with Crippen LogP contribution in [0.3, 0.4) is 0 Å². The van der Waals surface area contributed by atoms with Crippen molar-refractivity contribution >= 4 is 46.6 Å². The third-order valence-electron chi connectivity index (χ3n) is 4.07. The lowest BCUT2D eigenvalue weighted by Gasteiger charge is -2.49. The van der Waals surface area contributed by atoms with Crippen molar-refractivity contribution < 1.29 is 24.3 Å². The van der Waals surface area contributed by atoms with Gasteiger partial charge in [-0.2, -0.15) is 0 Å². The maximum Gasteiger partial charge on any atom is 0.353 e. The van der Waals surface area contributed by atoms with E-state index in [2.05, 4.69) is 10.5 Å². The first-order valence-corrected chi connectivity index (χ1v) is 9.68. The van der Waals surface area contributed by atoms with Crippen molar-refractivity contribution in [1.29, 1.82) is 0 Å². The SMILES string of the molecule is CON=C(C)C1=C(C(=O)O)N2C(=O)[C@@H](NC(=O)Cc3cccs3)[C@@H]2SC1. The molecule has 2 N–H and O–H groups in total. The monoisotopic (exact) mass is 395 g/mol. The van der Waals surface area contributed by atoms with Gasteiger partial charge in [-0.1, -0.05) is 11.2 Å². The Labute approximate surface area is 157 Å². The molecule has 0 spiro atoms. The molecule has 3 rings (SSSR count). The fourth-order valence-corrected chi connectivity index (χ4v) is 5.01. The Morgan fingerprint density at radius 1 is 1.50 bits per heavy atom. The molecule has 0 bridgehead atoms. The van der Waals surface area contributed by atoms with E-state index in [1.165, 1.54) is 35.1 Å². The summed E-state index contributed by atoms with van der Waals surface area (Å²) in [5.74, 6) is -1.52. The zero-order valence-corrected chi connectivity index (χ0v) is 15.7. The second kappa shape index (κ2) is 7.50. The third kappa shape index (κ3) is 3.34. The summed E-state index contributed by atoms with van der Waals surface area (Å²) < 4.78 is 0. The normalized spacial score (nSPS) is 22.6. The molecular weight excluding hydrogens is 378 g/mol. The molecule has 0 unspecified atom stereocenters. The minimum Gasteiger partial charge on any atom is -0.477 e. The smallest absolute Gasteiger partial charge is 0.353 e. The van der Waals surface area contributed by atoms with Crippen molar-refractivity contribution in [2.24, 2.45) is 5.16 Å². The van der Waals surface area contributed by atoms with E-state index in [9.17, 15) is 19.5 Å². The number of thioether (sulfide) groups is 1. The zero-order valence-electron chi connectivity index (χ0n) is 14.1. The number of β-lactam (4-membered cyclic amide) rings is 1. The van der Waals surface area contributed by atoms with Gasteiger partial charge < -0.3 is 15.3 Å². The van der Waals surface area contributed by atoms with E-state index in [1.54, 1.807) is 6.92 Å². The highest BCUT2D eigenvalue weighted by Crippen LogP contribution is 2.40. The van der Waals surface area contributed by atoms with Crippen LogP contribution in [0.15, 0.2) is 33.9 Å².